The molecule has 0 spiro atoms. The second-order valence-corrected chi connectivity index (χ2v) is 6.38. The Labute approximate surface area is 156 Å². The molecule has 1 aromatic heterocycles. The summed E-state index contributed by atoms with van der Waals surface area (Å²) >= 11 is 0. The van der Waals surface area contributed by atoms with Gasteiger partial charge in [0, 0.05) is 29.6 Å². The van der Waals surface area contributed by atoms with Gasteiger partial charge in [-0.2, -0.15) is 0 Å². The highest BCUT2D eigenvalue weighted by atomic mass is 16.6. The number of benzene rings is 2. The Morgan fingerprint density at radius 3 is 2.59 bits per heavy atom. The lowest BCUT2D eigenvalue weighted by Crippen LogP contribution is -2.05. The fraction of sp³-hybridized carbons (Fsp3) is 0.136. The first-order valence-electron chi connectivity index (χ1n) is 8.79. The topological polar surface area (TPSA) is 60.7 Å². The van der Waals surface area contributed by atoms with Crippen LogP contribution in [0, 0.1) is 0 Å². The molecule has 0 bridgehead atoms. The molecule has 4 rings (SSSR count). The van der Waals surface area contributed by atoms with Crippen LogP contribution in [-0.2, 0) is 16.0 Å². The highest BCUT2D eigenvalue weighted by Gasteiger charge is 2.24. The van der Waals surface area contributed by atoms with Crippen molar-refractivity contribution < 1.29 is 14.3 Å². The molecule has 0 saturated heterocycles. The van der Waals surface area contributed by atoms with Crippen LogP contribution in [0.1, 0.15) is 35.3 Å². The van der Waals surface area contributed by atoms with Crippen LogP contribution in [0.2, 0.25) is 0 Å². The number of carbonyl (C=O) groups excluding carboxylic acids is 2. The van der Waals surface area contributed by atoms with Gasteiger partial charge in [0.15, 0.2) is 5.70 Å². The van der Waals surface area contributed by atoms with Crippen molar-refractivity contribution in [3.05, 3.63) is 77.1 Å². The second-order valence-electron chi connectivity index (χ2n) is 6.38. The normalized spacial score (nSPS) is 15.3. The fourth-order valence-corrected chi connectivity index (χ4v) is 3.14. The summed E-state index contributed by atoms with van der Waals surface area (Å²) in [7, 11) is 0. The van der Waals surface area contributed by atoms with Crippen LogP contribution in [0.4, 0.5) is 0 Å². The van der Waals surface area contributed by atoms with Gasteiger partial charge < -0.3 is 4.74 Å². The molecule has 0 atom stereocenters. The molecule has 0 N–H and O–H groups in total. The molecule has 1 aliphatic heterocycles. The summed E-state index contributed by atoms with van der Waals surface area (Å²) in [5.41, 5.74) is 3.73. The predicted octanol–water partition coefficient (Wildman–Crippen LogP) is 4.21. The Morgan fingerprint density at radius 2 is 1.89 bits per heavy atom. The maximum atomic E-state index is 12.3. The van der Waals surface area contributed by atoms with Crippen LogP contribution < -0.4 is 0 Å². The van der Waals surface area contributed by atoms with Crippen LogP contribution in [0.5, 0.6) is 0 Å². The fourth-order valence-electron chi connectivity index (χ4n) is 3.14. The summed E-state index contributed by atoms with van der Waals surface area (Å²) in [5.74, 6) is -0.293. The summed E-state index contributed by atoms with van der Waals surface area (Å²) in [6, 6.07) is 15.3. The van der Waals surface area contributed by atoms with Crippen LogP contribution in [0.3, 0.4) is 0 Å². The number of aromatic nitrogens is 1. The number of aryl methyl sites for hydroxylation is 1. The standard InChI is InChI=1S/C22H18N2O3/c1-3-15-8-10-16(11-9-15)21-23-19(22(26)27-21)12-17-13-24(14(2)25)20-7-5-4-6-18(17)20/h4-13H,3H2,1-2H3/b19-12-. The number of cyclic esters (lactones) is 1. The summed E-state index contributed by atoms with van der Waals surface area (Å²) in [6.07, 6.45) is 4.33. The monoisotopic (exact) mass is 358 g/mol. The van der Waals surface area contributed by atoms with Crippen molar-refractivity contribution >= 4 is 34.8 Å². The number of ether oxygens (including phenoxy) is 1. The third-order valence-electron chi connectivity index (χ3n) is 4.60. The minimum absolute atomic E-state index is 0.0925. The number of fused-ring (bicyclic) bond motifs is 1. The average molecular weight is 358 g/mol. The average Bonchev–Trinajstić information content (AvgIpc) is 3.23. The van der Waals surface area contributed by atoms with Crippen molar-refractivity contribution in [1.29, 1.82) is 0 Å². The van der Waals surface area contributed by atoms with Gasteiger partial charge in [-0.1, -0.05) is 37.3 Å². The van der Waals surface area contributed by atoms with E-state index in [1.807, 2.05) is 48.5 Å². The molecule has 3 aromatic rings. The summed E-state index contributed by atoms with van der Waals surface area (Å²) in [5, 5.41) is 0.879. The third kappa shape index (κ3) is 3.08. The zero-order chi connectivity index (χ0) is 19.0. The number of esters is 1. The molecule has 2 heterocycles. The summed E-state index contributed by atoms with van der Waals surface area (Å²) < 4.78 is 6.91. The molecule has 0 amide bonds. The van der Waals surface area contributed by atoms with Gasteiger partial charge in [0.1, 0.15) is 0 Å². The predicted molar refractivity (Wildman–Crippen MR) is 105 cm³/mol. The minimum atomic E-state index is -0.496. The van der Waals surface area contributed by atoms with E-state index in [1.165, 1.54) is 12.5 Å². The van der Waals surface area contributed by atoms with Crippen LogP contribution >= 0.6 is 0 Å². The van der Waals surface area contributed by atoms with E-state index in [0.717, 1.165) is 28.5 Å². The maximum absolute atomic E-state index is 12.3. The molecule has 0 radical (unpaired) electrons. The number of para-hydroxylation sites is 1. The van der Waals surface area contributed by atoms with E-state index in [1.54, 1.807) is 16.8 Å². The van der Waals surface area contributed by atoms with E-state index >= 15 is 0 Å². The Balaban J connectivity index is 1.75. The van der Waals surface area contributed by atoms with Gasteiger partial charge in [0.05, 0.1) is 5.52 Å². The number of aliphatic imine (C=N–C) groups is 1. The molecule has 0 fully saturated rings. The first kappa shape index (κ1) is 17.0. The molecule has 0 aliphatic carbocycles. The third-order valence-corrected chi connectivity index (χ3v) is 4.60. The number of hydrogen-bond donors (Lipinski definition) is 0. The zero-order valence-corrected chi connectivity index (χ0v) is 15.1. The van der Waals surface area contributed by atoms with Crippen LogP contribution in [0.15, 0.2) is 65.4 Å². The van der Waals surface area contributed by atoms with Gasteiger partial charge in [-0.25, -0.2) is 9.79 Å². The number of carbonyl (C=O) groups is 2. The maximum Gasteiger partial charge on any atom is 0.363 e. The van der Waals surface area contributed by atoms with Gasteiger partial charge in [-0.05, 0) is 36.3 Å². The quantitative estimate of drug-likeness (QED) is 0.520. The SMILES string of the molecule is CCc1ccc(C2=N/C(=C\c3cn(C(C)=O)c4ccccc34)C(=O)O2)cc1. The molecule has 5 heteroatoms. The van der Waals surface area contributed by atoms with Crippen LogP contribution in [-0.4, -0.2) is 22.3 Å². The van der Waals surface area contributed by atoms with Crippen molar-refractivity contribution in [3.8, 4) is 0 Å². The number of rotatable bonds is 3. The largest absolute Gasteiger partial charge is 0.402 e. The first-order valence-corrected chi connectivity index (χ1v) is 8.79. The molecule has 2 aromatic carbocycles. The van der Waals surface area contributed by atoms with Crippen molar-refractivity contribution in [1.82, 2.24) is 4.57 Å². The molecule has 27 heavy (non-hydrogen) atoms. The zero-order valence-electron chi connectivity index (χ0n) is 15.1. The number of hydrogen-bond acceptors (Lipinski definition) is 4. The molecule has 5 nitrogen and oxygen atoms in total. The smallest absolute Gasteiger partial charge is 0.363 e. The minimum Gasteiger partial charge on any atom is -0.402 e. The van der Waals surface area contributed by atoms with E-state index in [9.17, 15) is 9.59 Å². The molecule has 1 aliphatic rings. The van der Waals surface area contributed by atoms with E-state index in [2.05, 4.69) is 11.9 Å². The summed E-state index contributed by atoms with van der Waals surface area (Å²) in [4.78, 5) is 28.5. The highest BCUT2D eigenvalue weighted by molar-refractivity contribution is 6.13. The van der Waals surface area contributed by atoms with Crippen molar-refractivity contribution in [2.45, 2.75) is 20.3 Å². The van der Waals surface area contributed by atoms with Crippen LogP contribution in [0.25, 0.3) is 17.0 Å². The van der Waals surface area contributed by atoms with Crippen molar-refractivity contribution in [2.75, 3.05) is 0 Å². The number of nitrogens with zero attached hydrogens (tertiary/aromatic N) is 2. The van der Waals surface area contributed by atoms with Gasteiger partial charge >= 0.3 is 5.97 Å². The van der Waals surface area contributed by atoms with E-state index in [4.69, 9.17) is 4.74 Å². The lowest BCUT2D eigenvalue weighted by molar-refractivity contribution is -0.129. The molecular weight excluding hydrogens is 340 g/mol. The molecule has 134 valence electrons. The van der Waals surface area contributed by atoms with E-state index in [0.29, 0.717) is 5.90 Å². The van der Waals surface area contributed by atoms with Gasteiger partial charge in [-0.15, -0.1) is 0 Å². The molecular formula is C22H18N2O3. The van der Waals surface area contributed by atoms with Crippen molar-refractivity contribution in [3.63, 3.8) is 0 Å². The first-order chi connectivity index (χ1) is 13.1. The lowest BCUT2D eigenvalue weighted by atomic mass is 10.1. The van der Waals surface area contributed by atoms with Gasteiger partial charge in [0.2, 0.25) is 11.8 Å². The Morgan fingerprint density at radius 1 is 1.15 bits per heavy atom. The van der Waals surface area contributed by atoms with Gasteiger partial charge in [0.25, 0.3) is 0 Å². The molecule has 0 saturated carbocycles. The van der Waals surface area contributed by atoms with Crippen molar-refractivity contribution in [2.24, 2.45) is 4.99 Å². The Bertz CT molecular complexity index is 1120. The van der Waals surface area contributed by atoms with Gasteiger partial charge in [-0.3, -0.25) is 9.36 Å². The second kappa shape index (κ2) is 6.68. The lowest BCUT2D eigenvalue weighted by Gasteiger charge is -2.00. The Kier molecular flexibility index (Phi) is 4.20. The van der Waals surface area contributed by atoms with E-state index < -0.39 is 5.97 Å². The Hall–Kier alpha value is -3.47. The summed E-state index contributed by atoms with van der Waals surface area (Å²) in [6.45, 7) is 3.59. The highest BCUT2D eigenvalue weighted by Crippen LogP contribution is 2.26. The van der Waals surface area contributed by atoms with E-state index in [-0.39, 0.29) is 11.6 Å². The molecule has 0 unspecified atom stereocenters.